The smallest absolute Gasteiger partial charge is 0.320 e. The molecule has 0 aliphatic rings. The standard InChI is InChI=1S/C45H46N2O4/c1-3-51-45(50)31-47(2)26-24-43(35-10-5-4-6-11-35)40-22-17-34-15-20-38(28-41(34)29-40)33-13-18-36(19-14-33)42(23-25-46-30-44(48)49)39-21-16-32-9-7-8-12-37(32)27-39/h4-22,27-29,42-43,46H,3,23-26,30-31H2,1-2H3,(H,48,49). The lowest BCUT2D eigenvalue weighted by Crippen LogP contribution is -2.29. The molecule has 0 spiro atoms. The van der Waals surface area contributed by atoms with E-state index >= 15 is 0 Å². The first kappa shape index (κ1) is 35.5. The third kappa shape index (κ3) is 9.28. The van der Waals surface area contributed by atoms with Gasteiger partial charge < -0.3 is 15.2 Å². The van der Waals surface area contributed by atoms with Crippen LogP contribution < -0.4 is 5.32 Å². The number of hydrogen-bond acceptors (Lipinski definition) is 5. The summed E-state index contributed by atoms with van der Waals surface area (Å²) in [5.41, 5.74) is 7.23. The number of aliphatic carboxylic acids is 1. The molecule has 2 unspecified atom stereocenters. The van der Waals surface area contributed by atoms with E-state index in [1.54, 1.807) is 0 Å². The number of carbonyl (C=O) groups excluding carboxylic acids is 1. The van der Waals surface area contributed by atoms with Crippen molar-refractivity contribution in [1.82, 2.24) is 10.2 Å². The van der Waals surface area contributed by atoms with Gasteiger partial charge in [0.15, 0.2) is 0 Å². The number of ether oxygens (including phenoxy) is 1. The molecule has 0 saturated carbocycles. The SMILES string of the molecule is CCOC(=O)CN(C)CCC(c1ccccc1)c1ccc2ccc(-c3ccc(C(CCNCC(=O)O)c4ccc5ccccc5c4)cc3)cc2c1. The number of likely N-dealkylation sites (N-methyl/N-ethyl adjacent to an activating group) is 1. The van der Waals surface area contributed by atoms with Gasteiger partial charge in [-0.2, -0.15) is 0 Å². The van der Waals surface area contributed by atoms with E-state index < -0.39 is 5.97 Å². The van der Waals surface area contributed by atoms with Crippen LogP contribution in [-0.2, 0) is 14.3 Å². The van der Waals surface area contributed by atoms with Gasteiger partial charge in [0.25, 0.3) is 0 Å². The molecule has 260 valence electrons. The molecule has 0 saturated heterocycles. The van der Waals surface area contributed by atoms with Crippen LogP contribution in [0.1, 0.15) is 53.9 Å². The first-order valence-corrected chi connectivity index (χ1v) is 17.8. The lowest BCUT2D eigenvalue weighted by Gasteiger charge is -2.22. The van der Waals surface area contributed by atoms with Crippen LogP contribution in [0.5, 0.6) is 0 Å². The zero-order valence-electron chi connectivity index (χ0n) is 29.4. The van der Waals surface area contributed by atoms with Crippen molar-refractivity contribution in [3.8, 4) is 11.1 Å². The molecule has 0 aliphatic carbocycles. The quantitative estimate of drug-likeness (QED) is 0.0787. The number of fused-ring (bicyclic) bond motifs is 2. The molecule has 6 heteroatoms. The third-order valence-corrected chi connectivity index (χ3v) is 9.68. The highest BCUT2D eigenvalue weighted by molar-refractivity contribution is 5.88. The number of rotatable bonds is 16. The molecular formula is C45H46N2O4. The summed E-state index contributed by atoms with van der Waals surface area (Å²) in [6, 6.07) is 47.8. The van der Waals surface area contributed by atoms with Crippen LogP contribution in [0, 0.1) is 0 Å². The molecule has 0 radical (unpaired) electrons. The van der Waals surface area contributed by atoms with E-state index in [-0.39, 0.29) is 30.9 Å². The Morgan fingerprint density at radius 1 is 0.647 bits per heavy atom. The average molecular weight is 679 g/mol. The third-order valence-electron chi connectivity index (χ3n) is 9.68. The molecule has 0 amide bonds. The zero-order valence-corrected chi connectivity index (χ0v) is 29.4. The molecule has 6 aromatic carbocycles. The van der Waals surface area contributed by atoms with E-state index in [1.807, 2.05) is 24.9 Å². The van der Waals surface area contributed by atoms with Gasteiger partial charge >= 0.3 is 11.9 Å². The van der Waals surface area contributed by atoms with Crippen molar-refractivity contribution in [2.75, 3.05) is 39.8 Å². The number of nitrogens with one attached hydrogen (secondary N) is 1. The van der Waals surface area contributed by atoms with Crippen LogP contribution in [0.25, 0.3) is 32.7 Å². The van der Waals surface area contributed by atoms with E-state index in [2.05, 4.69) is 133 Å². The van der Waals surface area contributed by atoms with Crippen LogP contribution in [0.15, 0.2) is 133 Å². The number of hydrogen-bond donors (Lipinski definition) is 2. The normalized spacial score (nSPS) is 12.6. The predicted octanol–water partition coefficient (Wildman–Crippen LogP) is 8.87. The maximum atomic E-state index is 12.1. The van der Waals surface area contributed by atoms with E-state index in [9.17, 15) is 9.59 Å². The van der Waals surface area contributed by atoms with Gasteiger partial charge in [-0.1, -0.05) is 127 Å². The van der Waals surface area contributed by atoms with Crippen molar-refractivity contribution in [3.05, 3.63) is 156 Å². The monoisotopic (exact) mass is 678 g/mol. The summed E-state index contributed by atoms with van der Waals surface area (Å²) < 4.78 is 5.16. The second kappa shape index (κ2) is 17.1. The maximum absolute atomic E-state index is 12.1. The first-order valence-electron chi connectivity index (χ1n) is 17.8. The van der Waals surface area contributed by atoms with Gasteiger partial charge in [0.05, 0.1) is 19.7 Å². The second-order valence-electron chi connectivity index (χ2n) is 13.3. The molecule has 2 atom stereocenters. The lowest BCUT2D eigenvalue weighted by molar-refractivity contribution is -0.144. The minimum Gasteiger partial charge on any atom is -0.480 e. The summed E-state index contributed by atoms with van der Waals surface area (Å²) >= 11 is 0. The van der Waals surface area contributed by atoms with E-state index in [1.165, 1.54) is 43.8 Å². The Balaban J connectivity index is 1.25. The van der Waals surface area contributed by atoms with Crippen molar-refractivity contribution in [2.45, 2.75) is 31.6 Å². The fourth-order valence-electron chi connectivity index (χ4n) is 7.03. The van der Waals surface area contributed by atoms with Crippen LogP contribution >= 0.6 is 0 Å². The molecule has 0 fully saturated rings. The number of esters is 1. The van der Waals surface area contributed by atoms with E-state index in [0.717, 1.165) is 30.5 Å². The Labute approximate surface area is 300 Å². The fraction of sp³-hybridized carbons (Fsp3) is 0.244. The molecule has 6 nitrogen and oxygen atoms in total. The van der Waals surface area contributed by atoms with Crippen LogP contribution in [-0.4, -0.2) is 61.8 Å². The maximum Gasteiger partial charge on any atom is 0.320 e. The number of carbonyl (C=O) groups is 2. The summed E-state index contributed by atoms with van der Waals surface area (Å²) in [6.45, 7) is 3.82. The molecular weight excluding hydrogens is 633 g/mol. The molecule has 2 N–H and O–H groups in total. The second-order valence-corrected chi connectivity index (χ2v) is 13.3. The Bertz CT molecular complexity index is 2080. The summed E-state index contributed by atoms with van der Waals surface area (Å²) in [7, 11) is 1.97. The summed E-state index contributed by atoms with van der Waals surface area (Å²) in [5, 5.41) is 17.0. The van der Waals surface area contributed by atoms with Crippen LogP contribution in [0.2, 0.25) is 0 Å². The highest BCUT2D eigenvalue weighted by atomic mass is 16.5. The Morgan fingerprint density at radius 3 is 1.92 bits per heavy atom. The van der Waals surface area contributed by atoms with Gasteiger partial charge in [-0.3, -0.25) is 14.5 Å². The molecule has 0 bridgehead atoms. The van der Waals surface area contributed by atoms with Gasteiger partial charge in [-0.05, 0) is 101 Å². The Morgan fingerprint density at radius 2 is 1.22 bits per heavy atom. The van der Waals surface area contributed by atoms with Crippen molar-refractivity contribution >= 4 is 33.5 Å². The molecule has 0 aromatic heterocycles. The van der Waals surface area contributed by atoms with Crippen molar-refractivity contribution in [1.29, 1.82) is 0 Å². The average Bonchev–Trinajstić information content (AvgIpc) is 3.15. The topological polar surface area (TPSA) is 78.9 Å². The molecule has 0 aliphatic heterocycles. The molecule has 0 heterocycles. The van der Waals surface area contributed by atoms with Crippen LogP contribution in [0.4, 0.5) is 0 Å². The van der Waals surface area contributed by atoms with Crippen molar-refractivity contribution in [2.24, 2.45) is 0 Å². The van der Waals surface area contributed by atoms with Crippen LogP contribution in [0.3, 0.4) is 0 Å². The number of carboxylic acids is 1. The summed E-state index contributed by atoms with van der Waals surface area (Å²) in [5.74, 6) is -0.742. The molecule has 6 rings (SSSR count). The van der Waals surface area contributed by atoms with Gasteiger partial charge in [0, 0.05) is 11.8 Å². The van der Waals surface area contributed by atoms with Gasteiger partial charge in [-0.15, -0.1) is 0 Å². The number of carboxylic acid groups (broad SMARTS) is 1. The first-order chi connectivity index (χ1) is 24.9. The van der Waals surface area contributed by atoms with Gasteiger partial charge in [0.1, 0.15) is 0 Å². The Kier molecular flexibility index (Phi) is 11.9. The minimum absolute atomic E-state index is 0.0499. The van der Waals surface area contributed by atoms with E-state index in [4.69, 9.17) is 9.84 Å². The van der Waals surface area contributed by atoms with Gasteiger partial charge in [0.2, 0.25) is 0 Å². The van der Waals surface area contributed by atoms with Gasteiger partial charge in [-0.25, -0.2) is 0 Å². The molecule has 51 heavy (non-hydrogen) atoms. The van der Waals surface area contributed by atoms with Crippen molar-refractivity contribution in [3.63, 3.8) is 0 Å². The summed E-state index contributed by atoms with van der Waals surface area (Å²) in [6.07, 6.45) is 1.65. The number of benzene rings is 6. The minimum atomic E-state index is -0.849. The fourth-order valence-corrected chi connectivity index (χ4v) is 7.03. The largest absolute Gasteiger partial charge is 0.480 e. The summed E-state index contributed by atoms with van der Waals surface area (Å²) in [4.78, 5) is 25.2. The molecule has 6 aromatic rings. The highest BCUT2D eigenvalue weighted by Crippen LogP contribution is 2.34. The van der Waals surface area contributed by atoms with Crippen molar-refractivity contribution < 1.29 is 19.4 Å². The highest BCUT2D eigenvalue weighted by Gasteiger charge is 2.18. The number of nitrogens with zero attached hydrogens (tertiary/aromatic N) is 1. The Hall–Kier alpha value is -5.30. The lowest BCUT2D eigenvalue weighted by atomic mass is 9.86. The van der Waals surface area contributed by atoms with E-state index in [0.29, 0.717) is 13.2 Å². The zero-order chi connectivity index (χ0) is 35.6. The predicted molar refractivity (Wildman–Crippen MR) is 207 cm³/mol.